The first kappa shape index (κ1) is 19.7. The Labute approximate surface area is 159 Å². The number of allylic oxidation sites excluding steroid dienone is 4. The fraction of sp³-hybridized carbons (Fsp3) is 0.455. The van der Waals surface area contributed by atoms with Crippen LogP contribution in [0.25, 0.3) is 0 Å². The van der Waals surface area contributed by atoms with Gasteiger partial charge in [0.2, 0.25) is 0 Å². The standard InChI is InChI=1S/C22H27F3N2/c1-3-5-20(16-6-7-16)21(4-2)27(19-12-14-26-15-13-19)18-10-8-17(9-11-18)22(23,24)25/h3-5,8-11,16,19,26H,2,6-7,12-15H2,1H3/b5-3-,21-20-. The summed E-state index contributed by atoms with van der Waals surface area (Å²) in [6.07, 6.45) is 5.93. The van der Waals surface area contributed by atoms with Gasteiger partial charge in [-0.2, -0.15) is 13.2 Å². The second kappa shape index (κ2) is 8.34. The van der Waals surface area contributed by atoms with E-state index in [9.17, 15) is 13.2 Å². The average Bonchev–Trinajstić information content (AvgIpc) is 3.50. The highest BCUT2D eigenvalue weighted by atomic mass is 19.4. The van der Waals surface area contributed by atoms with Gasteiger partial charge in [0.15, 0.2) is 0 Å². The molecule has 0 atom stereocenters. The summed E-state index contributed by atoms with van der Waals surface area (Å²) in [5, 5.41) is 3.37. The highest BCUT2D eigenvalue weighted by Gasteiger charge is 2.33. The molecular weight excluding hydrogens is 349 g/mol. The second-order valence-corrected chi connectivity index (χ2v) is 7.21. The first-order chi connectivity index (χ1) is 13.0. The van der Waals surface area contributed by atoms with Gasteiger partial charge >= 0.3 is 6.18 Å². The van der Waals surface area contributed by atoms with Crippen molar-refractivity contribution >= 4 is 5.69 Å². The van der Waals surface area contributed by atoms with Crippen LogP contribution in [0.15, 0.2) is 60.3 Å². The van der Waals surface area contributed by atoms with Crippen LogP contribution in [0.4, 0.5) is 18.9 Å². The molecule has 1 N–H and O–H groups in total. The minimum absolute atomic E-state index is 0.245. The normalized spacial score (nSPS) is 19.9. The Morgan fingerprint density at radius 1 is 1.11 bits per heavy atom. The minimum Gasteiger partial charge on any atom is -0.338 e. The Kier molecular flexibility index (Phi) is 6.10. The summed E-state index contributed by atoms with van der Waals surface area (Å²) in [7, 11) is 0. The predicted octanol–water partition coefficient (Wildman–Crippen LogP) is 5.69. The lowest BCUT2D eigenvalue weighted by Gasteiger charge is -2.38. The van der Waals surface area contributed by atoms with Gasteiger partial charge in [-0.15, -0.1) is 0 Å². The number of piperidine rings is 1. The molecule has 1 aliphatic carbocycles. The number of hydrogen-bond acceptors (Lipinski definition) is 2. The van der Waals surface area contributed by atoms with Crippen LogP contribution in [0.2, 0.25) is 0 Å². The van der Waals surface area contributed by atoms with Gasteiger partial charge in [0, 0.05) is 17.4 Å². The molecule has 1 saturated carbocycles. The van der Waals surface area contributed by atoms with Crippen molar-refractivity contribution in [2.24, 2.45) is 5.92 Å². The lowest BCUT2D eigenvalue weighted by Crippen LogP contribution is -2.43. The van der Waals surface area contributed by atoms with Crippen molar-refractivity contribution in [3.8, 4) is 0 Å². The van der Waals surface area contributed by atoms with E-state index in [1.165, 1.54) is 17.7 Å². The number of halogens is 3. The van der Waals surface area contributed by atoms with Crippen LogP contribution in [0.5, 0.6) is 0 Å². The summed E-state index contributed by atoms with van der Waals surface area (Å²) in [6, 6.07) is 5.78. The molecule has 5 heteroatoms. The summed E-state index contributed by atoms with van der Waals surface area (Å²) in [5.74, 6) is 0.521. The van der Waals surface area contributed by atoms with Crippen LogP contribution in [-0.2, 0) is 6.18 Å². The number of alkyl halides is 3. The Bertz CT molecular complexity index is 706. The zero-order valence-electron chi connectivity index (χ0n) is 15.7. The van der Waals surface area contributed by atoms with E-state index in [1.807, 2.05) is 19.1 Å². The molecule has 0 bridgehead atoms. The maximum absolute atomic E-state index is 13.0. The fourth-order valence-electron chi connectivity index (χ4n) is 3.78. The summed E-state index contributed by atoms with van der Waals surface area (Å²) in [6.45, 7) is 7.86. The molecule has 0 unspecified atom stereocenters. The number of hydrogen-bond donors (Lipinski definition) is 1. The molecule has 1 aliphatic heterocycles. The fourth-order valence-corrected chi connectivity index (χ4v) is 3.78. The Balaban J connectivity index is 2.05. The Hall–Kier alpha value is -2.01. The monoisotopic (exact) mass is 376 g/mol. The lowest BCUT2D eigenvalue weighted by atomic mass is 9.99. The molecule has 27 heavy (non-hydrogen) atoms. The summed E-state index contributed by atoms with van der Waals surface area (Å²) in [4.78, 5) is 2.21. The molecule has 0 radical (unpaired) electrons. The average molecular weight is 376 g/mol. The van der Waals surface area contributed by atoms with Gasteiger partial charge in [-0.1, -0.05) is 18.7 Å². The summed E-state index contributed by atoms with van der Waals surface area (Å²) < 4.78 is 39.0. The Morgan fingerprint density at radius 2 is 1.74 bits per heavy atom. The van der Waals surface area contributed by atoms with Gasteiger partial charge in [-0.3, -0.25) is 0 Å². The molecule has 1 aromatic carbocycles. The smallest absolute Gasteiger partial charge is 0.338 e. The molecular formula is C22H27F3N2. The molecule has 146 valence electrons. The van der Waals surface area contributed by atoms with Gasteiger partial charge in [-0.25, -0.2) is 0 Å². The maximum Gasteiger partial charge on any atom is 0.416 e. The van der Waals surface area contributed by atoms with Crippen molar-refractivity contribution in [3.05, 3.63) is 65.9 Å². The van der Waals surface area contributed by atoms with E-state index >= 15 is 0 Å². The highest BCUT2D eigenvalue weighted by Crippen LogP contribution is 2.41. The minimum atomic E-state index is -4.32. The third-order valence-corrected chi connectivity index (χ3v) is 5.26. The maximum atomic E-state index is 13.0. The van der Waals surface area contributed by atoms with E-state index in [1.54, 1.807) is 12.1 Å². The van der Waals surface area contributed by atoms with Gasteiger partial charge in [0.1, 0.15) is 0 Å². The molecule has 2 fully saturated rings. The van der Waals surface area contributed by atoms with Crippen LogP contribution in [0.1, 0.15) is 38.2 Å². The van der Waals surface area contributed by atoms with Crippen LogP contribution in [0.3, 0.4) is 0 Å². The van der Waals surface area contributed by atoms with E-state index in [0.717, 1.165) is 50.2 Å². The molecule has 3 rings (SSSR count). The van der Waals surface area contributed by atoms with Gasteiger partial charge in [0.05, 0.1) is 5.56 Å². The summed E-state index contributed by atoms with van der Waals surface area (Å²) >= 11 is 0. The first-order valence-corrected chi connectivity index (χ1v) is 9.62. The van der Waals surface area contributed by atoms with Crippen molar-refractivity contribution < 1.29 is 13.2 Å². The topological polar surface area (TPSA) is 15.3 Å². The third kappa shape index (κ3) is 4.64. The Morgan fingerprint density at radius 3 is 2.22 bits per heavy atom. The second-order valence-electron chi connectivity index (χ2n) is 7.21. The number of rotatable bonds is 6. The number of benzene rings is 1. The van der Waals surface area contributed by atoms with Crippen molar-refractivity contribution in [2.75, 3.05) is 18.0 Å². The van der Waals surface area contributed by atoms with E-state index in [0.29, 0.717) is 5.92 Å². The number of anilines is 1. The summed E-state index contributed by atoms with van der Waals surface area (Å²) in [5.41, 5.74) is 2.46. The number of nitrogens with one attached hydrogen (secondary N) is 1. The molecule has 2 aliphatic rings. The molecule has 0 aromatic heterocycles. The lowest BCUT2D eigenvalue weighted by molar-refractivity contribution is -0.137. The quantitative estimate of drug-likeness (QED) is 0.642. The van der Waals surface area contributed by atoms with Crippen molar-refractivity contribution in [1.29, 1.82) is 0 Å². The van der Waals surface area contributed by atoms with Crippen molar-refractivity contribution in [3.63, 3.8) is 0 Å². The highest BCUT2D eigenvalue weighted by molar-refractivity contribution is 5.59. The predicted molar refractivity (Wildman–Crippen MR) is 105 cm³/mol. The molecule has 1 heterocycles. The van der Waals surface area contributed by atoms with Gasteiger partial charge in [-0.05, 0) is 87.5 Å². The van der Waals surface area contributed by atoms with Crippen molar-refractivity contribution in [2.45, 2.75) is 44.8 Å². The van der Waals surface area contributed by atoms with Crippen LogP contribution in [-0.4, -0.2) is 19.1 Å². The SMILES string of the molecule is C=C/C(=C(\C=C/C)C1CC1)N(c1ccc(C(F)(F)F)cc1)C1CCNCC1. The largest absolute Gasteiger partial charge is 0.416 e. The van der Waals surface area contributed by atoms with Gasteiger partial charge in [0.25, 0.3) is 0 Å². The van der Waals surface area contributed by atoms with Crippen LogP contribution in [0, 0.1) is 5.92 Å². The van der Waals surface area contributed by atoms with Crippen LogP contribution < -0.4 is 10.2 Å². The molecule has 1 saturated heterocycles. The zero-order chi connectivity index (χ0) is 19.4. The molecule has 0 amide bonds. The molecule has 0 spiro atoms. The molecule has 2 nitrogen and oxygen atoms in total. The third-order valence-electron chi connectivity index (χ3n) is 5.26. The van der Waals surface area contributed by atoms with Gasteiger partial charge < -0.3 is 10.2 Å². The molecule has 1 aromatic rings. The van der Waals surface area contributed by atoms with Crippen molar-refractivity contribution in [1.82, 2.24) is 5.32 Å². The van der Waals surface area contributed by atoms with E-state index < -0.39 is 11.7 Å². The number of nitrogens with zero attached hydrogens (tertiary/aromatic N) is 1. The first-order valence-electron chi connectivity index (χ1n) is 9.62. The van der Waals surface area contributed by atoms with E-state index in [4.69, 9.17) is 0 Å². The zero-order valence-corrected chi connectivity index (χ0v) is 15.7. The van der Waals surface area contributed by atoms with Crippen LogP contribution >= 0.6 is 0 Å². The van der Waals surface area contributed by atoms with E-state index in [-0.39, 0.29) is 6.04 Å². The van der Waals surface area contributed by atoms with E-state index in [2.05, 4.69) is 22.9 Å².